The summed E-state index contributed by atoms with van der Waals surface area (Å²) < 4.78 is 0. The largest absolute Gasteiger partial charge is 0.154 e. The standard InChI is InChI=1S/C18H38S/c1-13(2)11-15(17(5,6)7)19-16(12-14(3)4)18(8,9)10/h13-16H,11-12H2,1-10H3. The lowest BCUT2D eigenvalue weighted by Gasteiger charge is -2.39. The molecule has 0 radical (unpaired) electrons. The Morgan fingerprint density at radius 1 is 0.632 bits per heavy atom. The van der Waals surface area contributed by atoms with Crippen molar-refractivity contribution in [2.45, 2.75) is 92.6 Å². The van der Waals surface area contributed by atoms with E-state index in [9.17, 15) is 0 Å². The van der Waals surface area contributed by atoms with E-state index < -0.39 is 0 Å². The summed E-state index contributed by atoms with van der Waals surface area (Å²) in [5.74, 6) is 1.58. The third kappa shape index (κ3) is 8.27. The molecule has 0 saturated heterocycles. The van der Waals surface area contributed by atoms with Crippen molar-refractivity contribution in [3.8, 4) is 0 Å². The summed E-state index contributed by atoms with van der Waals surface area (Å²) in [6, 6.07) is 0. The Bertz CT molecular complexity index is 213. The molecule has 0 aliphatic heterocycles. The van der Waals surface area contributed by atoms with Gasteiger partial charge in [-0.15, -0.1) is 0 Å². The zero-order valence-electron chi connectivity index (χ0n) is 15.1. The van der Waals surface area contributed by atoms with Crippen LogP contribution in [0.5, 0.6) is 0 Å². The van der Waals surface area contributed by atoms with E-state index >= 15 is 0 Å². The van der Waals surface area contributed by atoms with Crippen LogP contribution in [-0.2, 0) is 0 Å². The summed E-state index contributed by atoms with van der Waals surface area (Å²) in [6.07, 6.45) is 2.66. The molecule has 0 aliphatic rings. The van der Waals surface area contributed by atoms with Crippen molar-refractivity contribution in [1.29, 1.82) is 0 Å². The van der Waals surface area contributed by atoms with Gasteiger partial charge in [0, 0.05) is 10.5 Å². The maximum absolute atomic E-state index is 2.40. The zero-order valence-corrected chi connectivity index (χ0v) is 15.9. The predicted molar refractivity (Wildman–Crippen MR) is 93.0 cm³/mol. The summed E-state index contributed by atoms with van der Waals surface area (Å²) in [7, 11) is 0. The fourth-order valence-electron chi connectivity index (χ4n) is 2.28. The molecule has 0 aromatic carbocycles. The van der Waals surface area contributed by atoms with Crippen LogP contribution in [0.4, 0.5) is 0 Å². The van der Waals surface area contributed by atoms with Gasteiger partial charge in [0.2, 0.25) is 0 Å². The second-order valence-corrected chi connectivity index (χ2v) is 10.5. The number of rotatable bonds is 6. The molecule has 0 saturated carbocycles. The highest BCUT2D eigenvalue weighted by molar-refractivity contribution is 8.00. The van der Waals surface area contributed by atoms with Crippen LogP contribution in [-0.4, -0.2) is 10.5 Å². The second kappa shape index (κ2) is 7.38. The van der Waals surface area contributed by atoms with E-state index in [0.717, 1.165) is 22.3 Å². The molecule has 2 unspecified atom stereocenters. The highest BCUT2D eigenvalue weighted by Gasteiger charge is 2.33. The third-order valence-corrected chi connectivity index (χ3v) is 6.09. The van der Waals surface area contributed by atoms with Gasteiger partial charge in [0.05, 0.1) is 0 Å². The topological polar surface area (TPSA) is 0 Å². The maximum atomic E-state index is 2.40. The molecule has 0 spiro atoms. The Hall–Kier alpha value is 0.350. The highest BCUT2D eigenvalue weighted by Crippen LogP contribution is 2.44. The van der Waals surface area contributed by atoms with Crippen LogP contribution in [0.15, 0.2) is 0 Å². The smallest absolute Gasteiger partial charge is 0.0101 e. The molecule has 0 aliphatic carbocycles. The molecule has 0 fully saturated rings. The fourth-order valence-corrected chi connectivity index (χ4v) is 4.49. The van der Waals surface area contributed by atoms with E-state index in [-0.39, 0.29) is 0 Å². The van der Waals surface area contributed by atoms with E-state index in [1.165, 1.54) is 12.8 Å². The Labute approximate surface area is 127 Å². The summed E-state index contributed by atoms with van der Waals surface area (Å²) in [5, 5.41) is 1.52. The van der Waals surface area contributed by atoms with E-state index in [1.54, 1.807) is 0 Å². The van der Waals surface area contributed by atoms with Crippen molar-refractivity contribution < 1.29 is 0 Å². The minimum absolute atomic E-state index is 0.398. The van der Waals surface area contributed by atoms with Gasteiger partial charge in [-0.05, 0) is 35.5 Å². The first-order valence-corrected chi connectivity index (χ1v) is 8.93. The van der Waals surface area contributed by atoms with Crippen molar-refractivity contribution in [2.75, 3.05) is 0 Å². The molecule has 0 amide bonds. The second-order valence-electron chi connectivity index (χ2n) is 9.10. The first-order chi connectivity index (χ1) is 8.34. The molecule has 0 aromatic heterocycles. The number of hydrogen-bond donors (Lipinski definition) is 0. The quantitative estimate of drug-likeness (QED) is 0.527. The van der Waals surface area contributed by atoms with Crippen molar-refractivity contribution >= 4 is 11.8 Å². The van der Waals surface area contributed by atoms with Crippen LogP contribution in [0, 0.1) is 22.7 Å². The first-order valence-electron chi connectivity index (χ1n) is 7.99. The van der Waals surface area contributed by atoms with Crippen LogP contribution in [0.1, 0.15) is 82.1 Å². The van der Waals surface area contributed by atoms with E-state index in [2.05, 4.69) is 81.0 Å². The predicted octanol–water partition coefficient (Wildman–Crippen LogP) is 6.64. The summed E-state index contributed by atoms with van der Waals surface area (Å²) in [6.45, 7) is 23.8. The Morgan fingerprint density at radius 2 is 0.895 bits per heavy atom. The Balaban J connectivity index is 4.93. The molecule has 1 heteroatoms. The lowest BCUT2D eigenvalue weighted by Crippen LogP contribution is -2.33. The summed E-state index contributed by atoms with van der Waals surface area (Å²) in [5.41, 5.74) is 0.796. The molecular weight excluding hydrogens is 248 g/mol. The van der Waals surface area contributed by atoms with Crippen molar-refractivity contribution in [2.24, 2.45) is 22.7 Å². The van der Waals surface area contributed by atoms with Gasteiger partial charge in [0.15, 0.2) is 0 Å². The Kier molecular flexibility index (Phi) is 7.52. The van der Waals surface area contributed by atoms with Gasteiger partial charge in [-0.1, -0.05) is 69.2 Å². The molecule has 19 heavy (non-hydrogen) atoms. The normalized spacial score (nSPS) is 17.1. The van der Waals surface area contributed by atoms with E-state index in [4.69, 9.17) is 0 Å². The fraction of sp³-hybridized carbons (Fsp3) is 1.00. The Morgan fingerprint density at radius 3 is 1.05 bits per heavy atom. The van der Waals surface area contributed by atoms with Gasteiger partial charge in [0.1, 0.15) is 0 Å². The lowest BCUT2D eigenvalue weighted by atomic mass is 9.86. The van der Waals surface area contributed by atoms with Crippen LogP contribution in [0.3, 0.4) is 0 Å². The molecule has 0 aromatic rings. The molecule has 2 atom stereocenters. The molecule has 0 nitrogen and oxygen atoms in total. The first kappa shape index (κ1) is 19.4. The average molecular weight is 287 g/mol. The molecule has 0 rings (SSSR count). The molecular formula is C18H38S. The van der Waals surface area contributed by atoms with E-state index in [1.807, 2.05) is 0 Å². The van der Waals surface area contributed by atoms with Gasteiger partial charge in [0.25, 0.3) is 0 Å². The van der Waals surface area contributed by atoms with Crippen LogP contribution in [0.25, 0.3) is 0 Å². The zero-order chi connectivity index (χ0) is 15.4. The number of hydrogen-bond acceptors (Lipinski definition) is 1. The van der Waals surface area contributed by atoms with Crippen LogP contribution < -0.4 is 0 Å². The van der Waals surface area contributed by atoms with Crippen molar-refractivity contribution in [3.63, 3.8) is 0 Å². The minimum Gasteiger partial charge on any atom is -0.154 e. The van der Waals surface area contributed by atoms with Gasteiger partial charge < -0.3 is 0 Å². The van der Waals surface area contributed by atoms with Crippen molar-refractivity contribution in [1.82, 2.24) is 0 Å². The highest BCUT2D eigenvalue weighted by atomic mass is 32.2. The molecule has 116 valence electrons. The van der Waals surface area contributed by atoms with Gasteiger partial charge in [-0.3, -0.25) is 0 Å². The molecule has 0 N–H and O–H groups in total. The molecule has 0 heterocycles. The third-order valence-electron chi connectivity index (χ3n) is 3.63. The minimum atomic E-state index is 0.398. The average Bonchev–Trinajstić information content (AvgIpc) is 2.10. The lowest BCUT2D eigenvalue weighted by molar-refractivity contribution is 0.329. The van der Waals surface area contributed by atoms with Gasteiger partial charge >= 0.3 is 0 Å². The summed E-state index contributed by atoms with van der Waals surface area (Å²) >= 11 is 2.26. The van der Waals surface area contributed by atoms with Crippen molar-refractivity contribution in [3.05, 3.63) is 0 Å². The number of thioether (sulfide) groups is 1. The summed E-state index contributed by atoms with van der Waals surface area (Å²) in [4.78, 5) is 0. The van der Waals surface area contributed by atoms with Gasteiger partial charge in [-0.2, -0.15) is 11.8 Å². The van der Waals surface area contributed by atoms with Crippen LogP contribution >= 0.6 is 11.8 Å². The van der Waals surface area contributed by atoms with Gasteiger partial charge in [-0.25, -0.2) is 0 Å². The SMILES string of the molecule is CC(C)CC(SC(CC(C)C)C(C)(C)C)C(C)(C)C. The molecule has 0 bridgehead atoms. The van der Waals surface area contributed by atoms with E-state index in [0.29, 0.717) is 10.8 Å². The monoisotopic (exact) mass is 286 g/mol. The van der Waals surface area contributed by atoms with Crippen LogP contribution in [0.2, 0.25) is 0 Å². The maximum Gasteiger partial charge on any atom is 0.0101 e.